The minimum absolute atomic E-state index is 0.0934. The number of carbonyl (C=O) groups is 3. The van der Waals surface area contributed by atoms with Crippen molar-refractivity contribution in [1.29, 1.82) is 0 Å². The summed E-state index contributed by atoms with van der Waals surface area (Å²) in [6.45, 7) is 6.56. The fraction of sp³-hybridized carbons (Fsp3) is 0.776. The molecule has 6 nitrogen and oxygen atoms in total. The zero-order chi connectivity index (χ0) is 46.5. The molecule has 0 bridgehead atoms. The maximum atomic E-state index is 12.8. The Morgan fingerprint density at radius 1 is 0.312 bits per heavy atom. The Bertz CT molecular complexity index is 1170. The third kappa shape index (κ3) is 50.1. The Hall–Kier alpha value is -2.89. The summed E-state index contributed by atoms with van der Waals surface area (Å²) in [6.07, 6.45) is 64.9. The minimum atomic E-state index is -0.797. The standard InChI is InChI=1S/C58H102O6/c1-4-7-10-13-16-19-22-25-28-29-31-33-36-39-42-45-48-51-57(60)63-54-55(53-62-56(59)50-47-44-41-38-35-32-27-24-21-18-15-12-9-6-3)64-58(61)52-49-46-43-40-37-34-30-26-23-20-17-14-11-8-5-2/h16,19,24-25,27-28,31,33,39,42,55H,4-15,17-18,20-23,26,29-30,32,34-38,40-41,43-54H2,1-3H3/b19-16+,27-24+,28-25+,33-31+,42-39+/t55-/m1/s1. The fourth-order valence-corrected chi connectivity index (χ4v) is 7.61. The Labute approximate surface area is 396 Å². The smallest absolute Gasteiger partial charge is 0.306 e. The molecular weight excluding hydrogens is 793 g/mol. The van der Waals surface area contributed by atoms with E-state index < -0.39 is 6.10 Å². The molecule has 1 atom stereocenters. The lowest BCUT2D eigenvalue weighted by molar-refractivity contribution is -0.167. The highest BCUT2D eigenvalue weighted by molar-refractivity contribution is 5.71. The Morgan fingerprint density at radius 2 is 0.578 bits per heavy atom. The van der Waals surface area contributed by atoms with Gasteiger partial charge in [0.05, 0.1) is 0 Å². The van der Waals surface area contributed by atoms with Crippen molar-refractivity contribution in [3.63, 3.8) is 0 Å². The van der Waals surface area contributed by atoms with Crippen LogP contribution in [0.5, 0.6) is 0 Å². The lowest BCUT2D eigenvalue weighted by Gasteiger charge is -2.18. The summed E-state index contributed by atoms with van der Waals surface area (Å²) in [5.74, 6) is -0.951. The second-order valence-electron chi connectivity index (χ2n) is 18.1. The minimum Gasteiger partial charge on any atom is -0.462 e. The molecule has 0 aromatic heterocycles. The molecule has 0 saturated carbocycles. The van der Waals surface area contributed by atoms with Crippen molar-refractivity contribution >= 4 is 17.9 Å². The molecule has 0 aromatic carbocycles. The molecule has 0 saturated heterocycles. The van der Waals surface area contributed by atoms with Crippen molar-refractivity contribution in [1.82, 2.24) is 0 Å². The van der Waals surface area contributed by atoms with Crippen molar-refractivity contribution in [2.75, 3.05) is 13.2 Å². The number of rotatable bonds is 49. The number of allylic oxidation sites excluding steroid dienone is 10. The van der Waals surface area contributed by atoms with E-state index in [9.17, 15) is 14.4 Å². The van der Waals surface area contributed by atoms with Crippen LogP contribution in [0.2, 0.25) is 0 Å². The highest BCUT2D eigenvalue weighted by atomic mass is 16.6. The molecule has 0 radical (unpaired) electrons. The lowest BCUT2D eigenvalue weighted by atomic mass is 10.0. The van der Waals surface area contributed by atoms with Gasteiger partial charge in [-0.3, -0.25) is 14.4 Å². The van der Waals surface area contributed by atoms with Crippen molar-refractivity contribution in [2.45, 2.75) is 277 Å². The zero-order valence-corrected chi connectivity index (χ0v) is 42.3. The zero-order valence-electron chi connectivity index (χ0n) is 42.3. The second-order valence-corrected chi connectivity index (χ2v) is 18.1. The van der Waals surface area contributed by atoms with Crippen LogP contribution in [0.1, 0.15) is 271 Å². The van der Waals surface area contributed by atoms with Crippen LogP contribution in [0.25, 0.3) is 0 Å². The summed E-state index contributed by atoms with van der Waals surface area (Å²) in [4.78, 5) is 38.0. The van der Waals surface area contributed by atoms with E-state index in [1.807, 2.05) is 0 Å². The normalized spacial score (nSPS) is 12.5. The predicted molar refractivity (Wildman–Crippen MR) is 275 cm³/mol. The third-order valence-corrected chi connectivity index (χ3v) is 11.7. The molecule has 0 N–H and O–H groups in total. The van der Waals surface area contributed by atoms with Gasteiger partial charge in [0.15, 0.2) is 6.10 Å². The summed E-state index contributed by atoms with van der Waals surface area (Å²) in [5.41, 5.74) is 0. The Kier molecular flexibility index (Phi) is 50.4. The van der Waals surface area contributed by atoms with Crippen LogP contribution in [-0.2, 0) is 28.6 Å². The van der Waals surface area contributed by atoms with Gasteiger partial charge in [0.1, 0.15) is 13.2 Å². The molecule has 64 heavy (non-hydrogen) atoms. The average molecular weight is 895 g/mol. The van der Waals surface area contributed by atoms with Gasteiger partial charge in [-0.25, -0.2) is 0 Å². The fourth-order valence-electron chi connectivity index (χ4n) is 7.61. The van der Waals surface area contributed by atoms with Crippen LogP contribution < -0.4 is 0 Å². The monoisotopic (exact) mass is 895 g/mol. The van der Waals surface area contributed by atoms with Gasteiger partial charge in [-0.2, -0.15) is 0 Å². The first-order valence-electron chi connectivity index (χ1n) is 27.3. The Morgan fingerprint density at radius 3 is 0.984 bits per heavy atom. The van der Waals surface area contributed by atoms with Crippen LogP contribution in [0.4, 0.5) is 0 Å². The van der Waals surface area contributed by atoms with Crippen LogP contribution in [0.15, 0.2) is 60.8 Å². The first-order chi connectivity index (χ1) is 31.5. The summed E-state index contributed by atoms with van der Waals surface area (Å²) in [7, 11) is 0. The van der Waals surface area contributed by atoms with Crippen molar-refractivity contribution in [3.8, 4) is 0 Å². The van der Waals surface area contributed by atoms with Crippen molar-refractivity contribution < 1.29 is 28.6 Å². The molecule has 0 spiro atoms. The molecule has 6 heteroatoms. The topological polar surface area (TPSA) is 78.9 Å². The number of hydrogen-bond acceptors (Lipinski definition) is 6. The average Bonchev–Trinajstić information content (AvgIpc) is 3.29. The predicted octanol–water partition coefficient (Wildman–Crippen LogP) is 18.0. The quantitative estimate of drug-likeness (QED) is 0.0262. The van der Waals surface area contributed by atoms with E-state index >= 15 is 0 Å². The van der Waals surface area contributed by atoms with E-state index in [0.717, 1.165) is 70.6 Å². The molecule has 370 valence electrons. The summed E-state index contributed by atoms with van der Waals surface area (Å²) >= 11 is 0. The summed E-state index contributed by atoms with van der Waals surface area (Å²) in [5, 5.41) is 0. The maximum absolute atomic E-state index is 12.8. The molecule has 0 aliphatic carbocycles. The van der Waals surface area contributed by atoms with Gasteiger partial charge in [0.25, 0.3) is 0 Å². The summed E-state index contributed by atoms with van der Waals surface area (Å²) in [6, 6.07) is 0. The molecule has 0 rings (SSSR count). The number of ether oxygens (including phenoxy) is 3. The third-order valence-electron chi connectivity index (χ3n) is 11.7. The van der Waals surface area contributed by atoms with E-state index in [-0.39, 0.29) is 37.5 Å². The highest BCUT2D eigenvalue weighted by Crippen LogP contribution is 2.15. The van der Waals surface area contributed by atoms with Crippen LogP contribution in [0.3, 0.4) is 0 Å². The molecule has 0 aliphatic heterocycles. The number of hydrogen-bond donors (Lipinski definition) is 0. The largest absolute Gasteiger partial charge is 0.462 e. The van der Waals surface area contributed by atoms with Gasteiger partial charge in [-0.05, 0) is 83.5 Å². The molecule has 0 unspecified atom stereocenters. The van der Waals surface area contributed by atoms with Crippen LogP contribution >= 0.6 is 0 Å². The van der Waals surface area contributed by atoms with E-state index in [1.54, 1.807) is 0 Å². The van der Waals surface area contributed by atoms with Crippen molar-refractivity contribution in [2.24, 2.45) is 0 Å². The SMILES string of the molecule is CCCCC/C=C/C/C=C/C/C=C/C/C=C/CCCC(=O)OC[C@@H](COC(=O)CCCCCCC/C=C/CCCCCCC)OC(=O)CCCCCCCCCCCCCCCCC. The van der Waals surface area contributed by atoms with E-state index in [0.29, 0.717) is 19.3 Å². The molecular formula is C58H102O6. The first-order valence-corrected chi connectivity index (χ1v) is 27.3. The van der Waals surface area contributed by atoms with Crippen LogP contribution in [0, 0.1) is 0 Å². The van der Waals surface area contributed by atoms with Gasteiger partial charge in [0, 0.05) is 19.3 Å². The van der Waals surface area contributed by atoms with Gasteiger partial charge in [0.2, 0.25) is 0 Å². The maximum Gasteiger partial charge on any atom is 0.306 e. The first kappa shape index (κ1) is 61.1. The molecule has 0 fully saturated rings. The Balaban J connectivity index is 4.46. The highest BCUT2D eigenvalue weighted by Gasteiger charge is 2.19. The van der Waals surface area contributed by atoms with Crippen LogP contribution in [-0.4, -0.2) is 37.2 Å². The number of unbranched alkanes of at least 4 members (excludes halogenated alkanes) is 28. The van der Waals surface area contributed by atoms with Gasteiger partial charge < -0.3 is 14.2 Å². The van der Waals surface area contributed by atoms with E-state index in [2.05, 4.69) is 81.5 Å². The van der Waals surface area contributed by atoms with Gasteiger partial charge >= 0.3 is 17.9 Å². The molecule has 0 heterocycles. The lowest BCUT2D eigenvalue weighted by Crippen LogP contribution is -2.30. The number of esters is 3. The second kappa shape index (κ2) is 52.7. The van der Waals surface area contributed by atoms with Gasteiger partial charge in [-0.15, -0.1) is 0 Å². The van der Waals surface area contributed by atoms with E-state index in [4.69, 9.17) is 14.2 Å². The molecule has 0 aromatic rings. The molecule has 0 aliphatic rings. The van der Waals surface area contributed by atoms with Gasteiger partial charge in [-0.1, -0.05) is 229 Å². The summed E-state index contributed by atoms with van der Waals surface area (Å²) < 4.78 is 16.8. The molecule has 0 amide bonds. The van der Waals surface area contributed by atoms with E-state index in [1.165, 1.54) is 154 Å². The number of carbonyl (C=O) groups excluding carboxylic acids is 3. The van der Waals surface area contributed by atoms with Crippen molar-refractivity contribution in [3.05, 3.63) is 60.8 Å².